The van der Waals surface area contributed by atoms with Crippen LogP contribution in [0.3, 0.4) is 0 Å². The highest BCUT2D eigenvalue weighted by Gasteiger charge is 2.19. The molecule has 4 nitrogen and oxygen atoms in total. The average molecular weight is 152 g/mol. The van der Waals surface area contributed by atoms with Crippen LogP contribution in [0.15, 0.2) is 0 Å². The minimum atomic E-state index is -2.48. The topological polar surface area (TPSA) is 72.5 Å². The first-order valence-corrected chi connectivity index (χ1v) is 3.86. The summed E-state index contributed by atoms with van der Waals surface area (Å²) >= 11 is 0. The second-order valence-electron chi connectivity index (χ2n) is 1.61. The summed E-state index contributed by atoms with van der Waals surface area (Å²) in [5, 5.41) is 0. The van der Waals surface area contributed by atoms with Gasteiger partial charge in [0.05, 0.1) is 0 Å². The molecule has 0 radical (unpaired) electrons. The first-order chi connectivity index (χ1) is 4.20. The lowest BCUT2D eigenvalue weighted by molar-refractivity contribution is 0.191. The van der Waals surface area contributed by atoms with E-state index in [0.717, 1.165) is 0 Å². The molecule has 5 heteroatoms. The van der Waals surface area contributed by atoms with Gasteiger partial charge in [0.25, 0.3) is 0 Å². The Labute approximate surface area is 55.0 Å². The molecule has 0 aliphatic carbocycles. The summed E-state index contributed by atoms with van der Waals surface area (Å²) in [6.07, 6.45) is 0.386. The van der Waals surface area contributed by atoms with E-state index in [-0.39, 0.29) is 12.6 Å². The molecular weight excluding hydrogens is 141 g/mol. The van der Waals surface area contributed by atoms with Gasteiger partial charge < -0.3 is 5.73 Å². The molecule has 0 saturated carbocycles. The van der Waals surface area contributed by atoms with Gasteiger partial charge in [-0.05, 0) is 6.42 Å². The monoisotopic (exact) mass is 152 g/mol. The van der Waals surface area contributed by atoms with Crippen molar-refractivity contribution in [2.75, 3.05) is 6.54 Å². The van der Waals surface area contributed by atoms with Crippen LogP contribution in [0.5, 0.6) is 0 Å². The lowest BCUT2D eigenvalue weighted by Gasteiger charge is -2.00. The van der Waals surface area contributed by atoms with Gasteiger partial charge in [-0.25, -0.2) is 0 Å². The second-order valence-corrected chi connectivity index (χ2v) is 2.30. The summed E-state index contributed by atoms with van der Waals surface area (Å²) < 4.78 is 14.5. The summed E-state index contributed by atoms with van der Waals surface area (Å²) in [4.78, 5) is 8.22. The molecule has 0 fully saturated rings. The Bertz CT molecular complexity index is 93.8. The van der Waals surface area contributed by atoms with Gasteiger partial charge in [0.1, 0.15) is 6.10 Å². The molecule has 0 aromatic carbocycles. The van der Waals surface area contributed by atoms with Crippen molar-refractivity contribution in [3.8, 4) is 0 Å². The molecule has 3 N–H and O–H groups in total. The Morgan fingerprint density at radius 3 is 2.56 bits per heavy atom. The van der Waals surface area contributed by atoms with Crippen LogP contribution in [0.4, 0.5) is 0 Å². The quantitative estimate of drug-likeness (QED) is 0.571. The zero-order chi connectivity index (χ0) is 7.28. The van der Waals surface area contributed by atoms with E-state index in [2.05, 4.69) is 4.52 Å². The predicted octanol–water partition coefficient (Wildman–Crippen LogP) is 0.390. The van der Waals surface area contributed by atoms with E-state index in [1.807, 2.05) is 6.92 Å². The predicted molar refractivity (Wildman–Crippen MR) is 34.0 cm³/mol. The zero-order valence-corrected chi connectivity index (χ0v) is 6.17. The molecule has 0 heterocycles. The fraction of sp³-hybridized carbons (Fsp3) is 1.00. The Morgan fingerprint density at radius 2 is 2.44 bits per heavy atom. The molecule has 54 valence electrons. The van der Waals surface area contributed by atoms with Crippen molar-refractivity contribution in [3.63, 3.8) is 0 Å². The second kappa shape index (κ2) is 4.82. The van der Waals surface area contributed by atoms with Crippen LogP contribution in [0.2, 0.25) is 0 Å². The Morgan fingerprint density at radius 1 is 1.89 bits per heavy atom. The molecule has 0 saturated heterocycles. The molecule has 9 heavy (non-hydrogen) atoms. The third-order valence-corrected chi connectivity index (χ3v) is 1.44. The Hall–Kier alpha value is -0.0200. The van der Waals surface area contributed by atoms with Crippen molar-refractivity contribution < 1.29 is 14.0 Å². The SMILES string of the molecule is CCC(CN)O[P+](=O)O. The fourth-order valence-electron chi connectivity index (χ4n) is 0.412. The first-order valence-electron chi connectivity index (χ1n) is 2.73. The maximum Gasteiger partial charge on any atom is 0.695 e. The standard InChI is InChI=1S/C4H10NO3P/c1-2-4(3-5)8-9(6)7/h4H,2-3,5H2,1H3/p+1. The van der Waals surface area contributed by atoms with Gasteiger partial charge in [-0.3, -0.25) is 0 Å². The molecule has 0 amide bonds. The van der Waals surface area contributed by atoms with E-state index in [4.69, 9.17) is 10.6 Å². The molecule has 0 aliphatic heterocycles. The first kappa shape index (κ1) is 8.98. The van der Waals surface area contributed by atoms with Gasteiger partial charge in [0.2, 0.25) is 0 Å². The third-order valence-electron chi connectivity index (χ3n) is 0.957. The normalized spacial score (nSPS) is 15.2. The molecule has 0 aromatic heterocycles. The summed E-state index contributed by atoms with van der Waals surface area (Å²) in [6.45, 7) is 2.13. The van der Waals surface area contributed by atoms with Gasteiger partial charge in [-0.2, -0.15) is 0 Å². The number of hydrogen-bond acceptors (Lipinski definition) is 3. The molecular formula is C4H11NO3P+. The van der Waals surface area contributed by atoms with Crippen LogP contribution in [-0.2, 0) is 9.09 Å². The fourth-order valence-corrected chi connectivity index (χ4v) is 0.902. The van der Waals surface area contributed by atoms with E-state index in [1.165, 1.54) is 0 Å². The van der Waals surface area contributed by atoms with Gasteiger partial charge in [0, 0.05) is 11.1 Å². The van der Waals surface area contributed by atoms with Gasteiger partial charge >= 0.3 is 8.25 Å². The van der Waals surface area contributed by atoms with Crippen molar-refractivity contribution >= 4 is 8.25 Å². The molecule has 2 atom stereocenters. The molecule has 0 aliphatic rings. The largest absolute Gasteiger partial charge is 0.695 e. The summed E-state index contributed by atoms with van der Waals surface area (Å²) in [5.41, 5.74) is 5.17. The van der Waals surface area contributed by atoms with E-state index in [1.54, 1.807) is 0 Å². The maximum absolute atomic E-state index is 10.00. The van der Waals surface area contributed by atoms with Crippen LogP contribution < -0.4 is 5.73 Å². The highest BCUT2D eigenvalue weighted by molar-refractivity contribution is 7.32. The van der Waals surface area contributed by atoms with E-state index in [9.17, 15) is 4.57 Å². The maximum atomic E-state index is 10.00. The lowest BCUT2D eigenvalue weighted by atomic mass is 10.3. The van der Waals surface area contributed by atoms with E-state index >= 15 is 0 Å². The highest BCUT2D eigenvalue weighted by atomic mass is 31.1. The average Bonchev–Trinajstić information content (AvgIpc) is 1.82. The number of rotatable bonds is 4. The lowest BCUT2D eigenvalue weighted by Crippen LogP contribution is -2.19. The van der Waals surface area contributed by atoms with Gasteiger partial charge in [0.15, 0.2) is 0 Å². The molecule has 0 bridgehead atoms. The summed E-state index contributed by atoms with van der Waals surface area (Å²) in [7, 11) is -2.48. The molecule has 0 spiro atoms. The van der Waals surface area contributed by atoms with E-state index < -0.39 is 8.25 Å². The van der Waals surface area contributed by atoms with Crippen molar-refractivity contribution in [2.24, 2.45) is 5.73 Å². The van der Waals surface area contributed by atoms with Crippen molar-refractivity contribution in [1.82, 2.24) is 0 Å². The van der Waals surface area contributed by atoms with Crippen LogP contribution in [0.25, 0.3) is 0 Å². The Kier molecular flexibility index (Phi) is 4.81. The van der Waals surface area contributed by atoms with Crippen molar-refractivity contribution in [3.05, 3.63) is 0 Å². The minimum absolute atomic E-state index is 0.279. The van der Waals surface area contributed by atoms with Gasteiger partial charge in [-0.1, -0.05) is 6.92 Å². The zero-order valence-electron chi connectivity index (χ0n) is 5.28. The van der Waals surface area contributed by atoms with Crippen molar-refractivity contribution in [1.29, 1.82) is 0 Å². The van der Waals surface area contributed by atoms with Gasteiger partial charge in [-0.15, -0.1) is 9.42 Å². The minimum Gasteiger partial charge on any atom is -0.328 e. The molecule has 2 unspecified atom stereocenters. The summed E-state index contributed by atoms with van der Waals surface area (Å²) in [5.74, 6) is 0. The van der Waals surface area contributed by atoms with E-state index in [0.29, 0.717) is 6.42 Å². The number of hydrogen-bond donors (Lipinski definition) is 2. The van der Waals surface area contributed by atoms with Crippen LogP contribution in [-0.4, -0.2) is 17.5 Å². The van der Waals surface area contributed by atoms with Crippen LogP contribution in [0, 0.1) is 0 Å². The summed E-state index contributed by atoms with van der Waals surface area (Å²) in [6, 6.07) is 0. The Balaban J connectivity index is 3.43. The third kappa shape index (κ3) is 4.48. The molecule has 0 rings (SSSR count). The highest BCUT2D eigenvalue weighted by Crippen LogP contribution is 2.18. The van der Waals surface area contributed by atoms with Crippen LogP contribution in [0.1, 0.15) is 13.3 Å². The van der Waals surface area contributed by atoms with Crippen LogP contribution >= 0.6 is 8.25 Å². The number of nitrogens with two attached hydrogens (primary N) is 1. The molecule has 0 aromatic rings. The smallest absolute Gasteiger partial charge is 0.328 e. The van der Waals surface area contributed by atoms with Crippen molar-refractivity contribution in [2.45, 2.75) is 19.4 Å².